The molecule has 0 unspecified atom stereocenters. The van der Waals surface area contributed by atoms with Crippen LogP contribution in [-0.4, -0.2) is 4.98 Å². The molecule has 0 bridgehead atoms. The second kappa shape index (κ2) is 4.02. The first kappa shape index (κ1) is 11.9. The van der Waals surface area contributed by atoms with Crippen LogP contribution in [-0.2, 0) is 12.6 Å². The lowest BCUT2D eigenvalue weighted by Crippen LogP contribution is -2.08. The molecule has 0 saturated carbocycles. The van der Waals surface area contributed by atoms with E-state index in [1.54, 1.807) is 19.1 Å². The Morgan fingerprint density at radius 1 is 1.24 bits per heavy atom. The number of rotatable bonds is 1. The molecule has 90 valence electrons. The van der Waals surface area contributed by atoms with Crippen LogP contribution in [0.25, 0.3) is 10.9 Å². The fourth-order valence-electron chi connectivity index (χ4n) is 1.87. The molecule has 0 amide bonds. The molecule has 2 aromatic rings. The number of hydrogen-bond donors (Lipinski definition) is 0. The third-order valence-corrected chi connectivity index (χ3v) is 2.84. The Kier molecular flexibility index (Phi) is 2.81. The number of pyridine rings is 1. The van der Waals surface area contributed by atoms with E-state index in [4.69, 9.17) is 0 Å². The van der Waals surface area contributed by atoms with Gasteiger partial charge in [-0.15, -0.1) is 0 Å². The number of aryl methyl sites for hydroxylation is 2. The van der Waals surface area contributed by atoms with Gasteiger partial charge in [0.15, 0.2) is 0 Å². The molecule has 0 aliphatic heterocycles. The lowest BCUT2D eigenvalue weighted by atomic mass is 10.0. The summed E-state index contributed by atoms with van der Waals surface area (Å²) in [5, 5.41) is 0.583. The molecule has 0 N–H and O–H groups in total. The van der Waals surface area contributed by atoms with Gasteiger partial charge in [0.25, 0.3) is 0 Å². The van der Waals surface area contributed by atoms with Crippen molar-refractivity contribution in [2.75, 3.05) is 0 Å². The Hall–Kier alpha value is -1.58. The highest BCUT2D eigenvalue weighted by molar-refractivity contribution is 5.86. The van der Waals surface area contributed by atoms with Gasteiger partial charge < -0.3 is 0 Å². The van der Waals surface area contributed by atoms with Crippen LogP contribution >= 0.6 is 0 Å². The van der Waals surface area contributed by atoms with Gasteiger partial charge in [0.05, 0.1) is 11.1 Å². The highest BCUT2D eigenvalue weighted by Crippen LogP contribution is 2.35. The molecule has 0 radical (unpaired) electrons. The summed E-state index contributed by atoms with van der Waals surface area (Å²) in [6, 6.07) is 4.70. The SMILES string of the molecule is CCc1cc(C(F)(F)F)c2nccc(C)c2c1. The molecule has 1 aromatic carbocycles. The van der Waals surface area contributed by atoms with E-state index in [1.165, 1.54) is 12.3 Å². The smallest absolute Gasteiger partial charge is 0.256 e. The lowest BCUT2D eigenvalue weighted by Gasteiger charge is -2.12. The van der Waals surface area contributed by atoms with E-state index in [2.05, 4.69) is 4.98 Å². The van der Waals surface area contributed by atoms with Crippen molar-refractivity contribution in [3.63, 3.8) is 0 Å². The van der Waals surface area contributed by atoms with E-state index in [-0.39, 0.29) is 5.52 Å². The summed E-state index contributed by atoms with van der Waals surface area (Å²) in [4.78, 5) is 3.86. The summed E-state index contributed by atoms with van der Waals surface area (Å²) >= 11 is 0. The molecular formula is C13H12F3N. The van der Waals surface area contributed by atoms with Gasteiger partial charge in [-0.1, -0.05) is 6.92 Å². The monoisotopic (exact) mass is 239 g/mol. The number of alkyl halides is 3. The highest BCUT2D eigenvalue weighted by atomic mass is 19.4. The molecule has 0 atom stereocenters. The summed E-state index contributed by atoms with van der Waals surface area (Å²) in [7, 11) is 0. The maximum absolute atomic E-state index is 12.9. The van der Waals surface area contributed by atoms with Crippen LogP contribution in [0.2, 0.25) is 0 Å². The Morgan fingerprint density at radius 2 is 1.94 bits per heavy atom. The van der Waals surface area contributed by atoms with Crippen molar-refractivity contribution in [3.05, 3.63) is 41.1 Å². The molecule has 0 aliphatic carbocycles. The minimum absolute atomic E-state index is 0.0368. The average molecular weight is 239 g/mol. The number of nitrogens with zero attached hydrogens (tertiary/aromatic N) is 1. The Balaban J connectivity index is 2.86. The summed E-state index contributed by atoms with van der Waals surface area (Å²) in [5.41, 5.74) is 0.891. The topological polar surface area (TPSA) is 12.9 Å². The third kappa shape index (κ3) is 2.12. The van der Waals surface area contributed by atoms with Gasteiger partial charge in [0.1, 0.15) is 0 Å². The molecule has 1 heterocycles. The summed E-state index contributed by atoms with van der Waals surface area (Å²) in [5.74, 6) is 0. The van der Waals surface area contributed by atoms with E-state index >= 15 is 0 Å². The number of halogens is 3. The van der Waals surface area contributed by atoms with Crippen molar-refractivity contribution in [1.82, 2.24) is 4.98 Å². The maximum Gasteiger partial charge on any atom is 0.418 e. The predicted octanol–water partition coefficient (Wildman–Crippen LogP) is 4.12. The van der Waals surface area contributed by atoms with Gasteiger partial charge in [-0.05, 0) is 42.7 Å². The van der Waals surface area contributed by atoms with Crippen molar-refractivity contribution in [2.24, 2.45) is 0 Å². The van der Waals surface area contributed by atoms with Crippen molar-refractivity contribution >= 4 is 10.9 Å². The van der Waals surface area contributed by atoms with Crippen LogP contribution in [0.15, 0.2) is 24.4 Å². The number of benzene rings is 1. The van der Waals surface area contributed by atoms with Crippen molar-refractivity contribution in [3.8, 4) is 0 Å². The molecule has 2 rings (SSSR count). The summed E-state index contributed by atoms with van der Waals surface area (Å²) in [6.07, 6.45) is -2.36. The predicted molar refractivity (Wildman–Crippen MR) is 60.9 cm³/mol. The van der Waals surface area contributed by atoms with E-state index in [1.807, 2.05) is 6.92 Å². The first-order chi connectivity index (χ1) is 7.93. The normalized spacial score (nSPS) is 12.1. The highest BCUT2D eigenvalue weighted by Gasteiger charge is 2.33. The van der Waals surface area contributed by atoms with Crippen molar-refractivity contribution in [2.45, 2.75) is 26.4 Å². The minimum atomic E-state index is -4.36. The molecule has 0 fully saturated rings. The van der Waals surface area contributed by atoms with Gasteiger partial charge in [-0.2, -0.15) is 13.2 Å². The Morgan fingerprint density at radius 3 is 2.53 bits per heavy atom. The van der Waals surface area contributed by atoms with E-state index in [9.17, 15) is 13.2 Å². The molecule has 1 aromatic heterocycles. The first-order valence-electron chi connectivity index (χ1n) is 5.39. The molecule has 4 heteroatoms. The zero-order valence-electron chi connectivity index (χ0n) is 9.60. The molecule has 0 saturated heterocycles. The summed E-state index contributed by atoms with van der Waals surface area (Å²) < 4.78 is 38.8. The van der Waals surface area contributed by atoms with E-state index < -0.39 is 11.7 Å². The van der Waals surface area contributed by atoms with E-state index in [0.717, 1.165) is 5.56 Å². The molecule has 0 aliphatic rings. The quantitative estimate of drug-likeness (QED) is 0.729. The maximum atomic E-state index is 12.9. The zero-order valence-corrected chi connectivity index (χ0v) is 9.60. The average Bonchev–Trinajstić information content (AvgIpc) is 2.27. The zero-order chi connectivity index (χ0) is 12.6. The minimum Gasteiger partial charge on any atom is -0.256 e. The second-order valence-electron chi connectivity index (χ2n) is 4.02. The number of aromatic nitrogens is 1. The van der Waals surface area contributed by atoms with Crippen LogP contribution < -0.4 is 0 Å². The van der Waals surface area contributed by atoms with Crippen LogP contribution in [0.5, 0.6) is 0 Å². The number of hydrogen-bond acceptors (Lipinski definition) is 1. The van der Waals surface area contributed by atoms with Crippen LogP contribution in [0.3, 0.4) is 0 Å². The van der Waals surface area contributed by atoms with Gasteiger partial charge in [0, 0.05) is 11.6 Å². The second-order valence-corrected chi connectivity index (χ2v) is 4.02. The Labute approximate surface area is 97.3 Å². The van der Waals surface area contributed by atoms with Crippen LogP contribution in [0.4, 0.5) is 13.2 Å². The van der Waals surface area contributed by atoms with Crippen molar-refractivity contribution < 1.29 is 13.2 Å². The van der Waals surface area contributed by atoms with Gasteiger partial charge in [-0.3, -0.25) is 4.98 Å². The van der Waals surface area contributed by atoms with Gasteiger partial charge in [-0.25, -0.2) is 0 Å². The molecular weight excluding hydrogens is 227 g/mol. The van der Waals surface area contributed by atoms with E-state index in [0.29, 0.717) is 17.4 Å². The lowest BCUT2D eigenvalue weighted by molar-refractivity contribution is -0.136. The molecule has 0 spiro atoms. The fraction of sp³-hybridized carbons (Fsp3) is 0.308. The standard InChI is InChI=1S/C13H12F3N/c1-3-9-6-10-8(2)4-5-17-12(10)11(7-9)13(14,15)16/h4-7H,3H2,1-2H3. The number of fused-ring (bicyclic) bond motifs is 1. The van der Waals surface area contributed by atoms with Gasteiger partial charge >= 0.3 is 6.18 Å². The third-order valence-electron chi connectivity index (χ3n) is 2.84. The van der Waals surface area contributed by atoms with Gasteiger partial charge in [0.2, 0.25) is 0 Å². The Bertz CT molecular complexity index is 558. The molecule has 17 heavy (non-hydrogen) atoms. The first-order valence-corrected chi connectivity index (χ1v) is 5.39. The van der Waals surface area contributed by atoms with Crippen LogP contribution in [0.1, 0.15) is 23.6 Å². The van der Waals surface area contributed by atoms with Crippen LogP contribution in [0, 0.1) is 6.92 Å². The summed E-state index contributed by atoms with van der Waals surface area (Å²) in [6.45, 7) is 3.64. The largest absolute Gasteiger partial charge is 0.418 e. The van der Waals surface area contributed by atoms with Crippen molar-refractivity contribution in [1.29, 1.82) is 0 Å². The fourth-order valence-corrected chi connectivity index (χ4v) is 1.87. The molecule has 1 nitrogen and oxygen atoms in total.